The summed E-state index contributed by atoms with van der Waals surface area (Å²) in [5.74, 6) is 0.774. The van der Waals surface area contributed by atoms with Gasteiger partial charge in [0.2, 0.25) is 0 Å². The molecule has 0 atom stereocenters. The number of nitrogens with one attached hydrogen (secondary N) is 1. The fraction of sp³-hybridized carbons (Fsp3) is 0.167. The first-order valence-corrected chi connectivity index (χ1v) is 7.06. The first kappa shape index (κ1) is 15.6. The zero-order valence-corrected chi connectivity index (χ0v) is 12.8. The summed E-state index contributed by atoms with van der Waals surface area (Å²) >= 11 is 0. The number of carbonyl (C=O) groups excluding carboxylic acids is 1. The fourth-order valence-electron chi connectivity index (χ4n) is 2.01. The fourth-order valence-corrected chi connectivity index (χ4v) is 2.01. The zero-order valence-electron chi connectivity index (χ0n) is 12.8. The van der Waals surface area contributed by atoms with Crippen LogP contribution in [0.5, 0.6) is 5.75 Å². The van der Waals surface area contributed by atoms with Crippen molar-refractivity contribution in [1.82, 2.24) is 5.32 Å². The van der Waals surface area contributed by atoms with E-state index in [1.165, 1.54) is 0 Å². The van der Waals surface area contributed by atoms with Crippen LogP contribution >= 0.6 is 0 Å². The van der Waals surface area contributed by atoms with Gasteiger partial charge in [-0.3, -0.25) is 5.32 Å². The largest absolute Gasteiger partial charge is 0.450 e. The van der Waals surface area contributed by atoms with E-state index >= 15 is 0 Å². The number of ether oxygens (including phenoxy) is 2. The van der Waals surface area contributed by atoms with Crippen molar-refractivity contribution in [2.75, 3.05) is 6.61 Å². The van der Waals surface area contributed by atoms with Gasteiger partial charge in [0.15, 0.2) is 5.88 Å². The van der Waals surface area contributed by atoms with Crippen LogP contribution in [0.15, 0.2) is 61.0 Å². The molecule has 0 saturated carbocycles. The molecule has 0 fully saturated rings. The summed E-state index contributed by atoms with van der Waals surface area (Å²) in [6.45, 7) is 7.63. The van der Waals surface area contributed by atoms with Crippen LogP contribution in [0.3, 0.4) is 0 Å². The minimum absolute atomic E-state index is 0.133. The predicted molar refractivity (Wildman–Crippen MR) is 86.5 cm³/mol. The van der Waals surface area contributed by atoms with Crippen molar-refractivity contribution in [3.8, 4) is 16.9 Å². The molecular weight excluding hydrogens is 278 g/mol. The predicted octanol–water partition coefficient (Wildman–Crippen LogP) is 4.26. The third kappa shape index (κ3) is 4.12. The van der Waals surface area contributed by atoms with Crippen molar-refractivity contribution in [3.05, 3.63) is 66.6 Å². The summed E-state index contributed by atoms with van der Waals surface area (Å²) in [4.78, 5) is 11.3. The molecule has 0 aliphatic rings. The average molecular weight is 297 g/mol. The number of alkyl carbamates (subject to hydrolysis) is 1. The molecule has 0 heterocycles. The highest BCUT2D eigenvalue weighted by atomic mass is 16.6. The molecule has 2 aromatic carbocycles. The van der Waals surface area contributed by atoms with Crippen molar-refractivity contribution in [2.24, 2.45) is 0 Å². The van der Waals surface area contributed by atoms with Crippen molar-refractivity contribution < 1.29 is 14.3 Å². The minimum atomic E-state index is -0.578. The molecule has 2 aromatic rings. The highest BCUT2D eigenvalue weighted by Crippen LogP contribution is 2.26. The second-order valence-corrected chi connectivity index (χ2v) is 4.72. The van der Waals surface area contributed by atoms with Gasteiger partial charge in [-0.1, -0.05) is 36.4 Å². The van der Waals surface area contributed by atoms with E-state index in [2.05, 4.69) is 24.0 Å². The molecule has 22 heavy (non-hydrogen) atoms. The number of hydrogen-bond acceptors (Lipinski definition) is 3. The lowest BCUT2D eigenvalue weighted by molar-refractivity contribution is 0.150. The Bertz CT molecular complexity index is 665. The number of aryl methyl sites for hydroxylation is 1. The Morgan fingerprint density at radius 3 is 2.50 bits per heavy atom. The first-order chi connectivity index (χ1) is 10.6. The molecule has 0 aliphatic carbocycles. The lowest BCUT2D eigenvalue weighted by atomic mass is 10.0. The standard InChI is InChI=1S/C18H19NO3/c1-4-21-18(20)19-14(3)22-17-11-10-16(12-13(17)2)15-8-6-5-7-9-15/h5-12H,3-4H2,1-2H3,(H,19,20). The lowest BCUT2D eigenvalue weighted by Crippen LogP contribution is -2.25. The molecule has 0 saturated heterocycles. The number of amides is 1. The SMILES string of the molecule is C=C(NC(=O)OCC)Oc1ccc(-c2ccccc2)cc1C. The normalized spacial score (nSPS) is 9.91. The molecule has 1 N–H and O–H groups in total. The molecule has 0 aromatic heterocycles. The molecule has 0 unspecified atom stereocenters. The van der Waals surface area contributed by atoms with E-state index in [4.69, 9.17) is 9.47 Å². The van der Waals surface area contributed by atoms with Gasteiger partial charge in [0, 0.05) is 0 Å². The van der Waals surface area contributed by atoms with Gasteiger partial charge in [0.25, 0.3) is 0 Å². The zero-order chi connectivity index (χ0) is 15.9. The van der Waals surface area contributed by atoms with Crippen LogP contribution < -0.4 is 10.1 Å². The molecule has 2 rings (SSSR count). The summed E-state index contributed by atoms with van der Waals surface area (Å²) < 4.78 is 10.3. The summed E-state index contributed by atoms with van der Waals surface area (Å²) in [6.07, 6.45) is -0.578. The molecular formula is C18H19NO3. The van der Waals surface area contributed by atoms with Crippen LogP contribution in [-0.4, -0.2) is 12.7 Å². The first-order valence-electron chi connectivity index (χ1n) is 7.06. The highest BCUT2D eigenvalue weighted by molar-refractivity contribution is 5.69. The third-order valence-corrected chi connectivity index (χ3v) is 3.03. The third-order valence-electron chi connectivity index (χ3n) is 3.03. The Morgan fingerprint density at radius 2 is 1.86 bits per heavy atom. The van der Waals surface area contributed by atoms with Crippen molar-refractivity contribution in [1.29, 1.82) is 0 Å². The van der Waals surface area contributed by atoms with E-state index in [-0.39, 0.29) is 5.88 Å². The van der Waals surface area contributed by atoms with Crippen molar-refractivity contribution in [2.45, 2.75) is 13.8 Å². The van der Waals surface area contributed by atoms with Gasteiger partial charge >= 0.3 is 6.09 Å². The molecule has 4 heteroatoms. The second-order valence-electron chi connectivity index (χ2n) is 4.72. The number of hydrogen-bond donors (Lipinski definition) is 1. The summed E-state index contributed by atoms with van der Waals surface area (Å²) in [7, 11) is 0. The highest BCUT2D eigenvalue weighted by Gasteiger charge is 2.08. The van der Waals surface area contributed by atoms with Crippen LogP contribution in [0, 0.1) is 6.92 Å². The maximum absolute atomic E-state index is 11.3. The van der Waals surface area contributed by atoms with Gasteiger partial charge in [-0.25, -0.2) is 4.79 Å². The Labute approximate surface area is 130 Å². The Morgan fingerprint density at radius 1 is 1.14 bits per heavy atom. The van der Waals surface area contributed by atoms with Crippen LogP contribution in [0.25, 0.3) is 11.1 Å². The Kier molecular flexibility index (Phi) is 5.20. The topological polar surface area (TPSA) is 47.6 Å². The molecule has 0 radical (unpaired) electrons. The molecule has 1 amide bonds. The number of carbonyl (C=O) groups is 1. The van der Waals surface area contributed by atoms with Crippen molar-refractivity contribution in [3.63, 3.8) is 0 Å². The maximum atomic E-state index is 11.3. The summed E-state index contributed by atoms with van der Waals surface area (Å²) in [5, 5.41) is 2.42. The lowest BCUT2D eigenvalue weighted by Gasteiger charge is -2.13. The minimum Gasteiger partial charge on any atom is -0.450 e. The van der Waals surface area contributed by atoms with Gasteiger partial charge in [0.05, 0.1) is 6.61 Å². The molecule has 4 nitrogen and oxygen atoms in total. The van der Waals surface area contributed by atoms with E-state index in [0.29, 0.717) is 12.4 Å². The van der Waals surface area contributed by atoms with E-state index in [1.807, 2.05) is 43.3 Å². The van der Waals surface area contributed by atoms with Crippen LogP contribution in [0.1, 0.15) is 12.5 Å². The quantitative estimate of drug-likeness (QED) is 0.839. The van der Waals surface area contributed by atoms with Gasteiger partial charge in [-0.2, -0.15) is 0 Å². The van der Waals surface area contributed by atoms with Crippen LogP contribution in [0.4, 0.5) is 4.79 Å². The van der Waals surface area contributed by atoms with E-state index in [9.17, 15) is 4.79 Å². The average Bonchev–Trinajstić information content (AvgIpc) is 2.50. The second kappa shape index (κ2) is 7.31. The van der Waals surface area contributed by atoms with Crippen LogP contribution in [-0.2, 0) is 4.74 Å². The number of rotatable bonds is 5. The maximum Gasteiger partial charge on any atom is 0.413 e. The molecule has 0 spiro atoms. The van der Waals surface area contributed by atoms with Gasteiger partial charge in [0.1, 0.15) is 5.75 Å². The van der Waals surface area contributed by atoms with E-state index < -0.39 is 6.09 Å². The Balaban J connectivity index is 2.07. The molecule has 0 aliphatic heterocycles. The smallest absolute Gasteiger partial charge is 0.413 e. The monoisotopic (exact) mass is 297 g/mol. The summed E-state index contributed by atoms with van der Waals surface area (Å²) in [6, 6.07) is 15.9. The van der Waals surface area contributed by atoms with Gasteiger partial charge in [-0.15, -0.1) is 0 Å². The van der Waals surface area contributed by atoms with Gasteiger partial charge in [-0.05, 0) is 49.2 Å². The van der Waals surface area contributed by atoms with Crippen LogP contribution in [0.2, 0.25) is 0 Å². The van der Waals surface area contributed by atoms with E-state index in [0.717, 1.165) is 16.7 Å². The number of benzene rings is 2. The molecule has 114 valence electrons. The summed E-state index contributed by atoms with van der Waals surface area (Å²) in [5.41, 5.74) is 3.20. The van der Waals surface area contributed by atoms with Crippen molar-refractivity contribution >= 4 is 6.09 Å². The van der Waals surface area contributed by atoms with Gasteiger partial charge < -0.3 is 9.47 Å². The Hall–Kier alpha value is -2.75. The van der Waals surface area contributed by atoms with E-state index in [1.54, 1.807) is 6.92 Å². The molecule has 0 bridgehead atoms.